The largest absolute Gasteiger partial charge is 0.462 e. The number of carbonyl (C=O) groups excluding carboxylic acids is 3. The average Bonchev–Trinajstić information content (AvgIpc) is 3.39. The van der Waals surface area contributed by atoms with Crippen LogP contribution in [-0.2, 0) is 28.6 Å². The van der Waals surface area contributed by atoms with Gasteiger partial charge in [0.1, 0.15) is 13.2 Å². The zero-order valence-electron chi connectivity index (χ0n) is 49.2. The SMILES string of the molecule is CCCCC/C=C\C/C=C\CCCCCCCCCC(=O)OC[C@H](COC(=O)CCCCCCCCCCCCCCCCCCCCCCC)OC(=O)CCCCCCCCC/C=C\CCCCCCCC. The van der Waals surface area contributed by atoms with E-state index in [2.05, 4.69) is 57.2 Å². The van der Waals surface area contributed by atoms with Crippen LogP contribution in [0.4, 0.5) is 0 Å². The third-order valence-electron chi connectivity index (χ3n) is 14.6. The lowest BCUT2D eigenvalue weighted by Crippen LogP contribution is -2.30. The first-order chi connectivity index (χ1) is 36.0. The molecule has 0 aromatic heterocycles. The third-order valence-corrected chi connectivity index (χ3v) is 14.6. The van der Waals surface area contributed by atoms with Crippen LogP contribution in [-0.4, -0.2) is 37.2 Å². The summed E-state index contributed by atoms with van der Waals surface area (Å²) in [5.41, 5.74) is 0. The van der Waals surface area contributed by atoms with E-state index in [0.29, 0.717) is 19.3 Å². The first-order valence-electron chi connectivity index (χ1n) is 32.5. The predicted molar refractivity (Wildman–Crippen MR) is 316 cm³/mol. The van der Waals surface area contributed by atoms with Gasteiger partial charge in [0.05, 0.1) is 0 Å². The number of allylic oxidation sites excluding steroid dienone is 6. The summed E-state index contributed by atoms with van der Waals surface area (Å²) in [6, 6.07) is 0. The molecule has 0 aliphatic carbocycles. The zero-order valence-corrected chi connectivity index (χ0v) is 49.2. The highest BCUT2D eigenvalue weighted by atomic mass is 16.6. The normalized spacial score (nSPS) is 12.2. The summed E-state index contributed by atoms with van der Waals surface area (Å²) in [7, 11) is 0. The lowest BCUT2D eigenvalue weighted by Gasteiger charge is -2.18. The van der Waals surface area contributed by atoms with Gasteiger partial charge in [-0.25, -0.2) is 0 Å². The minimum atomic E-state index is -0.776. The first kappa shape index (κ1) is 70.6. The van der Waals surface area contributed by atoms with E-state index >= 15 is 0 Å². The fourth-order valence-electron chi connectivity index (χ4n) is 9.71. The molecule has 0 spiro atoms. The number of ether oxygens (including phenoxy) is 3. The molecule has 0 bridgehead atoms. The van der Waals surface area contributed by atoms with E-state index in [1.54, 1.807) is 0 Å². The van der Waals surface area contributed by atoms with Crippen LogP contribution in [0.15, 0.2) is 36.5 Å². The van der Waals surface area contributed by atoms with Crippen molar-refractivity contribution in [2.24, 2.45) is 0 Å². The van der Waals surface area contributed by atoms with E-state index in [0.717, 1.165) is 70.6 Å². The van der Waals surface area contributed by atoms with Gasteiger partial charge in [0, 0.05) is 19.3 Å². The van der Waals surface area contributed by atoms with E-state index in [9.17, 15) is 14.4 Å². The van der Waals surface area contributed by atoms with E-state index < -0.39 is 6.10 Å². The van der Waals surface area contributed by atoms with Crippen LogP contribution >= 0.6 is 0 Å². The molecule has 0 radical (unpaired) electrons. The Kier molecular flexibility index (Phi) is 60.2. The smallest absolute Gasteiger partial charge is 0.306 e. The molecular weight excluding hydrogens is 901 g/mol. The molecule has 73 heavy (non-hydrogen) atoms. The highest BCUT2D eigenvalue weighted by molar-refractivity contribution is 5.71. The van der Waals surface area contributed by atoms with Crippen LogP contribution in [0.3, 0.4) is 0 Å². The molecule has 0 rings (SSSR count). The van der Waals surface area contributed by atoms with Crippen molar-refractivity contribution in [3.8, 4) is 0 Å². The number of hydrogen-bond donors (Lipinski definition) is 0. The lowest BCUT2D eigenvalue weighted by atomic mass is 10.0. The summed E-state index contributed by atoms with van der Waals surface area (Å²) < 4.78 is 17.0. The molecular formula is C67H124O6. The van der Waals surface area contributed by atoms with E-state index in [-0.39, 0.29) is 31.1 Å². The topological polar surface area (TPSA) is 78.9 Å². The van der Waals surface area contributed by atoms with Crippen molar-refractivity contribution in [2.75, 3.05) is 13.2 Å². The molecule has 6 heteroatoms. The van der Waals surface area contributed by atoms with Gasteiger partial charge in [0.25, 0.3) is 0 Å². The van der Waals surface area contributed by atoms with Gasteiger partial charge in [-0.1, -0.05) is 295 Å². The van der Waals surface area contributed by atoms with Crippen LogP contribution in [0.2, 0.25) is 0 Å². The van der Waals surface area contributed by atoms with E-state index in [4.69, 9.17) is 14.2 Å². The highest BCUT2D eigenvalue weighted by Gasteiger charge is 2.19. The summed E-state index contributed by atoms with van der Waals surface area (Å²) in [4.78, 5) is 38.3. The Bertz CT molecular complexity index is 1220. The number of rotatable bonds is 60. The standard InChI is InChI=1S/C67H124O6/c1-4-7-10-13-16-19-22-25-28-31-32-33-34-37-39-42-45-48-51-54-57-60-66(69)72-63-64(73-67(70)61-58-55-52-49-46-43-40-36-30-27-24-21-18-15-12-9-6-3)62-71-65(68)59-56-53-50-47-44-41-38-35-29-26-23-20-17-14-11-8-5-2/h17,20,26-27,29-30,64H,4-16,18-19,21-25,28,31-63H2,1-3H3/b20-17-,29-26-,30-27-/t64-/m1/s1. The van der Waals surface area contributed by atoms with Crippen molar-refractivity contribution < 1.29 is 28.6 Å². The van der Waals surface area contributed by atoms with Crippen LogP contribution < -0.4 is 0 Å². The Morgan fingerprint density at radius 1 is 0.274 bits per heavy atom. The molecule has 0 saturated heterocycles. The molecule has 0 aromatic carbocycles. The summed E-state index contributed by atoms with van der Waals surface area (Å²) in [5.74, 6) is -0.860. The van der Waals surface area contributed by atoms with Crippen LogP contribution in [0.25, 0.3) is 0 Å². The molecule has 0 aromatic rings. The molecule has 0 unspecified atom stereocenters. The van der Waals surface area contributed by atoms with Crippen molar-refractivity contribution in [3.63, 3.8) is 0 Å². The summed E-state index contributed by atoms with van der Waals surface area (Å²) in [6.07, 6.45) is 75.7. The van der Waals surface area contributed by atoms with E-state index in [1.807, 2.05) is 0 Å². The third kappa shape index (κ3) is 60.4. The maximum Gasteiger partial charge on any atom is 0.306 e. The summed E-state index contributed by atoms with van der Waals surface area (Å²) >= 11 is 0. The maximum atomic E-state index is 12.9. The van der Waals surface area contributed by atoms with Crippen LogP contribution in [0, 0.1) is 0 Å². The fraction of sp³-hybridized carbons (Fsp3) is 0.866. The second-order valence-electron chi connectivity index (χ2n) is 22.0. The molecule has 0 fully saturated rings. The molecule has 6 nitrogen and oxygen atoms in total. The zero-order chi connectivity index (χ0) is 52.9. The molecule has 0 heterocycles. The number of carbonyl (C=O) groups is 3. The predicted octanol–water partition coefficient (Wildman–Crippen LogP) is 22.0. The van der Waals surface area contributed by atoms with E-state index in [1.165, 1.54) is 244 Å². The number of esters is 3. The van der Waals surface area contributed by atoms with Crippen molar-refractivity contribution in [2.45, 2.75) is 361 Å². The Labute approximate surface area is 455 Å². The van der Waals surface area contributed by atoms with Crippen molar-refractivity contribution in [1.29, 1.82) is 0 Å². The van der Waals surface area contributed by atoms with Gasteiger partial charge >= 0.3 is 17.9 Å². The maximum absolute atomic E-state index is 12.9. The number of unbranched alkanes of at least 4 members (excludes halogenated alkanes) is 43. The van der Waals surface area contributed by atoms with Gasteiger partial charge in [-0.15, -0.1) is 0 Å². The van der Waals surface area contributed by atoms with Gasteiger partial charge in [-0.05, 0) is 77.0 Å². The summed E-state index contributed by atoms with van der Waals surface area (Å²) in [5, 5.41) is 0. The highest BCUT2D eigenvalue weighted by Crippen LogP contribution is 2.18. The Morgan fingerprint density at radius 3 is 0.795 bits per heavy atom. The number of hydrogen-bond acceptors (Lipinski definition) is 6. The molecule has 0 amide bonds. The quantitative estimate of drug-likeness (QED) is 0.0261. The second-order valence-corrected chi connectivity index (χ2v) is 22.0. The van der Waals surface area contributed by atoms with Crippen LogP contribution in [0.1, 0.15) is 355 Å². The second kappa shape index (κ2) is 62.2. The first-order valence-corrected chi connectivity index (χ1v) is 32.5. The minimum absolute atomic E-state index is 0.0721. The lowest BCUT2D eigenvalue weighted by molar-refractivity contribution is -0.167. The molecule has 0 aliphatic heterocycles. The summed E-state index contributed by atoms with van der Waals surface area (Å²) in [6.45, 7) is 6.66. The van der Waals surface area contributed by atoms with Crippen molar-refractivity contribution in [3.05, 3.63) is 36.5 Å². The fourth-order valence-corrected chi connectivity index (χ4v) is 9.71. The van der Waals surface area contributed by atoms with Crippen LogP contribution in [0.5, 0.6) is 0 Å². The van der Waals surface area contributed by atoms with Gasteiger partial charge in [-0.3, -0.25) is 14.4 Å². The van der Waals surface area contributed by atoms with Gasteiger partial charge in [0.15, 0.2) is 6.10 Å². The monoisotopic (exact) mass is 1020 g/mol. The molecule has 0 aliphatic rings. The van der Waals surface area contributed by atoms with Gasteiger partial charge < -0.3 is 14.2 Å². The van der Waals surface area contributed by atoms with Crippen molar-refractivity contribution in [1.82, 2.24) is 0 Å². The molecule has 0 saturated carbocycles. The molecule has 428 valence electrons. The Morgan fingerprint density at radius 2 is 0.493 bits per heavy atom. The molecule has 1 atom stereocenters. The minimum Gasteiger partial charge on any atom is -0.462 e. The molecule has 0 N–H and O–H groups in total. The Hall–Kier alpha value is -2.37. The van der Waals surface area contributed by atoms with Crippen molar-refractivity contribution >= 4 is 17.9 Å². The van der Waals surface area contributed by atoms with Gasteiger partial charge in [0.2, 0.25) is 0 Å². The van der Waals surface area contributed by atoms with Gasteiger partial charge in [-0.2, -0.15) is 0 Å². The Balaban J connectivity index is 4.32. The average molecular weight is 1030 g/mol.